The number of ether oxygens (including phenoxy) is 3. The minimum Gasteiger partial charge on any atom is -0.469 e. The largest absolute Gasteiger partial charge is 0.469 e. The van der Waals surface area contributed by atoms with Crippen molar-refractivity contribution in [1.82, 2.24) is 0 Å². The van der Waals surface area contributed by atoms with Crippen LogP contribution in [0.2, 0.25) is 0 Å². The molecule has 7 nitrogen and oxygen atoms in total. The Kier molecular flexibility index (Phi) is 5.09. The Morgan fingerprint density at radius 1 is 1.38 bits per heavy atom. The number of halogens is 3. The topological polar surface area (TPSA) is 87.9 Å². The zero-order valence-corrected chi connectivity index (χ0v) is 12.6. The molecule has 0 radical (unpaired) electrons. The second kappa shape index (κ2) is 6.73. The second-order valence-corrected chi connectivity index (χ2v) is 5.14. The minimum absolute atomic E-state index is 0.115. The molecular formula is C14H14F3NO6. The van der Waals surface area contributed by atoms with Gasteiger partial charge < -0.3 is 14.2 Å². The first-order valence-electron chi connectivity index (χ1n) is 6.86. The van der Waals surface area contributed by atoms with Gasteiger partial charge in [0, 0.05) is 18.1 Å². The van der Waals surface area contributed by atoms with Crippen LogP contribution in [0.15, 0.2) is 18.2 Å². The van der Waals surface area contributed by atoms with Crippen molar-refractivity contribution in [3.05, 3.63) is 39.4 Å². The Labute approximate surface area is 134 Å². The van der Waals surface area contributed by atoms with Crippen molar-refractivity contribution in [3.63, 3.8) is 0 Å². The molecule has 1 aromatic rings. The van der Waals surface area contributed by atoms with Crippen LogP contribution in [0.5, 0.6) is 0 Å². The first-order valence-corrected chi connectivity index (χ1v) is 6.86. The van der Waals surface area contributed by atoms with Crippen molar-refractivity contribution in [2.75, 3.05) is 20.3 Å². The van der Waals surface area contributed by atoms with Crippen LogP contribution in [0.3, 0.4) is 0 Å². The zero-order chi connectivity index (χ0) is 18.0. The van der Waals surface area contributed by atoms with Crippen molar-refractivity contribution in [3.8, 4) is 0 Å². The number of nitro benzene ring substituents is 1. The summed E-state index contributed by atoms with van der Waals surface area (Å²) < 4.78 is 53.8. The third kappa shape index (κ3) is 4.01. The highest BCUT2D eigenvalue weighted by Gasteiger charge is 2.42. The van der Waals surface area contributed by atoms with E-state index in [1.807, 2.05) is 0 Å². The lowest BCUT2D eigenvalue weighted by Gasteiger charge is -2.26. The van der Waals surface area contributed by atoms with Gasteiger partial charge in [-0.2, -0.15) is 13.2 Å². The van der Waals surface area contributed by atoms with E-state index < -0.39 is 40.5 Å². The van der Waals surface area contributed by atoms with Gasteiger partial charge >= 0.3 is 12.1 Å². The van der Waals surface area contributed by atoms with E-state index in [0.717, 1.165) is 13.2 Å². The molecule has 1 fully saturated rings. The van der Waals surface area contributed by atoms with Crippen LogP contribution >= 0.6 is 0 Å². The molecule has 0 amide bonds. The number of carbonyl (C=O) groups is 1. The van der Waals surface area contributed by atoms with Gasteiger partial charge in [0.1, 0.15) is 0 Å². The Hall–Kier alpha value is -2.20. The van der Waals surface area contributed by atoms with Crippen LogP contribution < -0.4 is 0 Å². The lowest BCUT2D eigenvalue weighted by atomic mass is 9.98. The zero-order valence-electron chi connectivity index (χ0n) is 12.6. The van der Waals surface area contributed by atoms with E-state index in [2.05, 4.69) is 4.74 Å². The smallest absolute Gasteiger partial charge is 0.416 e. The number of hydrogen-bond donors (Lipinski definition) is 0. The van der Waals surface area contributed by atoms with E-state index in [0.29, 0.717) is 12.1 Å². The van der Waals surface area contributed by atoms with Gasteiger partial charge in [-0.25, -0.2) is 0 Å². The van der Waals surface area contributed by atoms with E-state index in [9.17, 15) is 28.1 Å². The van der Waals surface area contributed by atoms with Crippen LogP contribution in [0, 0.1) is 10.1 Å². The van der Waals surface area contributed by atoms with Crippen molar-refractivity contribution in [2.45, 2.75) is 24.8 Å². The summed E-state index contributed by atoms with van der Waals surface area (Å²) in [6, 6.07) is 2.08. The molecule has 0 N–H and O–H groups in total. The maximum absolute atomic E-state index is 12.9. The Morgan fingerprint density at radius 2 is 2.00 bits per heavy atom. The van der Waals surface area contributed by atoms with Gasteiger partial charge in [0.2, 0.25) is 0 Å². The summed E-state index contributed by atoms with van der Waals surface area (Å²) in [5.74, 6) is -2.28. The molecule has 1 heterocycles. The number of methoxy groups -OCH3 is 1. The van der Waals surface area contributed by atoms with Crippen molar-refractivity contribution in [2.24, 2.45) is 0 Å². The van der Waals surface area contributed by atoms with Gasteiger partial charge in [0.25, 0.3) is 5.69 Å². The molecule has 1 aliphatic heterocycles. The molecule has 10 heteroatoms. The highest BCUT2D eigenvalue weighted by molar-refractivity contribution is 5.70. The normalized spacial score (nSPS) is 16.8. The second-order valence-electron chi connectivity index (χ2n) is 5.14. The lowest BCUT2D eigenvalue weighted by Crippen LogP contribution is -2.36. The van der Waals surface area contributed by atoms with Crippen LogP contribution in [0.1, 0.15) is 17.5 Å². The predicted molar refractivity (Wildman–Crippen MR) is 73.1 cm³/mol. The van der Waals surface area contributed by atoms with Gasteiger partial charge in [0.15, 0.2) is 5.79 Å². The first-order chi connectivity index (χ1) is 11.2. The quantitative estimate of drug-likeness (QED) is 0.461. The highest BCUT2D eigenvalue weighted by atomic mass is 19.4. The molecule has 1 saturated heterocycles. The predicted octanol–water partition coefficient (Wildman–Crippen LogP) is 2.46. The molecule has 2 rings (SSSR count). The Bertz CT molecular complexity index is 640. The maximum Gasteiger partial charge on any atom is 0.416 e. The first kappa shape index (κ1) is 18.1. The number of rotatable bonds is 5. The fraction of sp³-hybridized carbons (Fsp3) is 0.500. The third-order valence-corrected chi connectivity index (χ3v) is 3.52. The molecule has 0 unspecified atom stereocenters. The molecule has 24 heavy (non-hydrogen) atoms. The molecule has 0 aliphatic carbocycles. The Morgan fingerprint density at radius 3 is 2.50 bits per heavy atom. The molecule has 0 saturated carbocycles. The standard InChI is InChI=1S/C14H14F3NO6/c1-22-12(19)8-13(23-4-5-24-13)7-9-6-10(14(15,16)17)2-3-11(9)18(20)21/h2-3,6H,4-5,7-8H2,1H3. The summed E-state index contributed by atoms with van der Waals surface area (Å²) in [5, 5.41) is 11.1. The molecule has 1 aliphatic rings. The molecule has 0 bridgehead atoms. The third-order valence-electron chi connectivity index (χ3n) is 3.52. The molecular weight excluding hydrogens is 335 g/mol. The summed E-state index contributed by atoms with van der Waals surface area (Å²) in [5.41, 5.74) is -1.78. The molecule has 132 valence electrons. The van der Waals surface area contributed by atoms with Crippen LogP contribution in [-0.2, 0) is 31.6 Å². The lowest BCUT2D eigenvalue weighted by molar-refractivity contribution is -0.386. The molecule has 1 aromatic carbocycles. The van der Waals surface area contributed by atoms with Crippen molar-refractivity contribution in [1.29, 1.82) is 0 Å². The molecule has 0 atom stereocenters. The van der Waals surface area contributed by atoms with Crippen LogP contribution in [0.25, 0.3) is 0 Å². The van der Waals surface area contributed by atoms with Gasteiger partial charge in [-0.15, -0.1) is 0 Å². The van der Waals surface area contributed by atoms with Gasteiger partial charge in [-0.1, -0.05) is 0 Å². The van der Waals surface area contributed by atoms with Crippen LogP contribution in [-0.4, -0.2) is 37.0 Å². The number of nitrogens with zero attached hydrogens (tertiary/aromatic N) is 1. The number of esters is 1. The van der Waals surface area contributed by atoms with E-state index in [4.69, 9.17) is 9.47 Å². The monoisotopic (exact) mass is 349 g/mol. The average molecular weight is 349 g/mol. The summed E-state index contributed by atoms with van der Waals surface area (Å²) in [6.45, 7) is 0.230. The number of nitro groups is 1. The number of hydrogen-bond acceptors (Lipinski definition) is 6. The number of alkyl halides is 3. The highest BCUT2D eigenvalue weighted by Crippen LogP contribution is 2.36. The van der Waals surface area contributed by atoms with E-state index in [-0.39, 0.29) is 25.2 Å². The van der Waals surface area contributed by atoms with Gasteiger partial charge in [-0.3, -0.25) is 14.9 Å². The number of carbonyl (C=O) groups excluding carboxylic acids is 1. The van der Waals surface area contributed by atoms with Gasteiger partial charge in [-0.05, 0) is 12.1 Å². The average Bonchev–Trinajstić information content (AvgIpc) is 2.94. The summed E-state index contributed by atoms with van der Waals surface area (Å²) in [7, 11) is 1.14. The SMILES string of the molecule is COC(=O)CC1(Cc2cc(C(F)(F)F)ccc2[N+](=O)[O-])OCCO1. The molecule has 0 aromatic heterocycles. The summed E-state index contributed by atoms with van der Waals surface area (Å²) >= 11 is 0. The van der Waals surface area contributed by atoms with E-state index in [1.54, 1.807) is 0 Å². The van der Waals surface area contributed by atoms with Gasteiger partial charge in [0.05, 0.1) is 37.2 Å². The van der Waals surface area contributed by atoms with Crippen molar-refractivity contribution >= 4 is 11.7 Å². The number of benzene rings is 1. The fourth-order valence-corrected chi connectivity index (χ4v) is 2.43. The fourth-order valence-electron chi connectivity index (χ4n) is 2.43. The summed E-state index contributed by atoms with van der Waals surface area (Å²) in [6.07, 6.45) is -5.43. The van der Waals surface area contributed by atoms with Crippen molar-refractivity contribution < 1.29 is 37.1 Å². The minimum atomic E-state index is -4.66. The van der Waals surface area contributed by atoms with E-state index in [1.165, 1.54) is 0 Å². The van der Waals surface area contributed by atoms with E-state index >= 15 is 0 Å². The maximum atomic E-state index is 12.9. The Balaban J connectivity index is 2.41. The molecule has 0 spiro atoms. The summed E-state index contributed by atoms with van der Waals surface area (Å²) in [4.78, 5) is 21.8. The van der Waals surface area contributed by atoms with Crippen LogP contribution in [0.4, 0.5) is 18.9 Å².